The minimum absolute atomic E-state index is 0.198. The van der Waals surface area contributed by atoms with E-state index in [4.69, 9.17) is 19.6 Å². The summed E-state index contributed by atoms with van der Waals surface area (Å²) in [7, 11) is -8.10. The number of nitrogens with zero attached hydrogens (tertiary/aromatic N) is 2. The standard InChI is InChI=1S/C14H18N2O6P2/c17-23(18,19)9-7-15-5-1-3-13(11-15)14-4-2-6-16(12-14)8-10-24(20,21)22/h1-6,11-12H,7-10H2,(H2-2,17,18,19,20,21,22)/p+2. The van der Waals surface area contributed by atoms with Gasteiger partial charge in [0.25, 0.3) is 0 Å². The maximum Gasteiger partial charge on any atom is 0.331 e. The van der Waals surface area contributed by atoms with Crippen LogP contribution in [0.4, 0.5) is 0 Å². The fraction of sp³-hybridized carbons (Fsp3) is 0.286. The van der Waals surface area contributed by atoms with Crippen LogP contribution in [0.5, 0.6) is 0 Å². The summed E-state index contributed by atoms with van der Waals surface area (Å²) in [5.41, 5.74) is 1.68. The highest BCUT2D eigenvalue weighted by molar-refractivity contribution is 7.51. The summed E-state index contributed by atoms with van der Waals surface area (Å²) < 4.78 is 25.3. The molecule has 4 N–H and O–H groups in total. The Morgan fingerprint density at radius 3 is 1.46 bits per heavy atom. The Morgan fingerprint density at radius 2 is 1.12 bits per heavy atom. The van der Waals surface area contributed by atoms with Crippen LogP contribution in [0.1, 0.15) is 0 Å². The van der Waals surface area contributed by atoms with Gasteiger partial charge in [-0.15, -0.1) is 0 Å². The Bertz CT molecular complexity index is 734. The second-order valence-corrected chi connectivity index (χ2v) is 8.99. The molecule has 0 unspecified atom stereocenters. The van der Waals surface area contributed by atoms with Crippen LogP contribution in [0.3, 0.4) is 0 Å². The third-order valence-corrected chi connectivity index (χ3v) is 4.91. The first-order valence-corrected chi connectivity index (χ1v) is 10.8. The van der Waals surface area contributed by atoms with Gasteiger partial charge in [-0.2, -0.15) is 0 Å². The van der Waals surface area contributed by atoms with Crippen LogP contribution >= 0.6 is 15.2 Å². The van der Waals surface area contributed by atoms with Crippen LogP contribution in [0.15, 0.2) is 49.1 Å². The molecule has 0 amide bonds. The Labute approximate surface area is 139 Å². The van der Waals surface area contributed by atoms with Gasteiger partial charge in [-0.25, -0.2) is 9.13 Å². The zero-order chi connectivity index (χ0) is 17.8. The van der Waals surface area contributed by atoms with Gasteiger partial charge in [0.05, 0.1) is 11.1 Å². The van der Waals surface area contributed by atoms with E-state index in [0.29, 0.717) is 0 Å². The molecule has 0 aliphatic rings. The van der Waals surface area contributed by atoms with Crippen molar-refractivity contribution < 1.29 is 37.8 Å². The van der Waals surface area contributed by atoms with Crippen molar-refractivity contribution >= 4 is 15.2 Å². The van der Waals surface area contributed by atoms with E-state index in [-0.39, 0.29) is 25.4 Å². The van der Waals surface area contributed by atoms with Crippen molar-refractivity contribution in [2.75, 3.05) is 12.3 Å². The van der Waals surface area contributed by atoms with E-state index in [2.05, 4.69) is 0 Å². The number of hydrogen-bond acceptors (Lipinski definition) is 2. The number of pyridine rings is 2. The Hall–Kier alpha value is -1.40. The molecule has 0 aliphatic carbocycles. The molecule has 24 heavy (non-hydrogen) atoms. The summed E-state index contributed by atoms with van der Waals surface area (Å²) in [6.45, 7) is 0.395. The van der Waals surface area contributed by atoms with Crippen molar-refractivity contribution in [2.45, 2.75) is 13.1 Å². The van der Waals surface area contributed by atoms with E-state index in [9.17, 15) is 9.13 Å². The highest BCUT2D eigenvalue weighted by Crippen LogP contribution is 2.34. The SMILES string of the molecule is O=P(O)(O)CC[n+]1cccc(-c2ccc[n+](CCP(=O)(O)O)c2)c1. The molecule has 10 heteroatoms. The third kappa shape index (κ3) is 6.61. The van der Waals surface area contributed by atoms with E-state index in [1.54, 1.807) is 46.1 Å². The predicted molar refractivity (Wildman–Crippen MR) is 86.1 cm³/mol. The Kier molecular flexibility index (Phi) is 6.04. The topological polar surface area (TPSA) is 123 Å². The van der Waals surface area contributed by atoms with E-state index in [1.807, 2.05) is 12.1 Å². The summed E-state index contributed by atoms with van der Waals surface area (Å²) in [4.78, 5) is 35.8. The van der Waals surface area contributed by atoms with E-state index in [1.165, 1.54) is 0 Å². The molecular weight excluding hydrogens is 354 g/mol. The van der Waals surface area contributed by atoms with Gasteiger partial charge in [-0.05, 0) is 12.1 Å². The third-order valence-electron chi connectivity index (χ3n) is 3.35. The van der Waals surface area contributed by atoms with E-state index >= 15 is 0 Å². The first-order valence-electron chi connectivity index (χ1n) is 7.20. The molecule has 0 aliphatic heterocycles. The molecule has 0 atom stereocenters. The Balaban J connectivity index is 2.16. The van der Waals surface area contributed by atoms with Gasteiger partial charge < -0.3 is 19.6 Å². The van der Waals surface area contributed by atoms with Crippen LogP contribution in [-0.2, 0) is 22.2 Å². The van der Waals surface area contributed by atoms with Crippen molar-refractivity contribution in [1.29, 1.82) is 0 Å². The highest BCUT2D eigenvalue weighted by Gasteiger charge is 2.18. The average molecular weight is 374 g/mol. The van der Waals surface area contributed by atoms with Crippen molar-refractivity contribution in [3.8, 4) is 11.1 Å². The first kappa shape index (κ1) is 18.9. The zero-order valence-corrected chi connectivity index (χ0v) is 14.6. The van der Waals surface area contributed by atoms with E-state index in [0.717, 1.165) is 11.1 Å². The number of aromatic nitrogens is 2. The van der Waals surface area contributed by atoms with Crippen LogP contribution in [0.2, 0.25) is 0 Å². The molecule has 2 heterocycles. The number of rotatable bonds is 7. The summed E-state index contributed by atoms with van der Waals surface area (Å²) in [5, 5.41) is 0. The first-order chi connectivity index (χ1) is 11.1. The van der Waals surface area contributed by atoms with Crippen molar-refractivity contribution in [2.24, 2.45) is 0 Å². The lowest BCUT2D eigenvalue weighted by molar-refractivity contribution is -0.693. The summed E-state index contributed by atoms with van der Waals surface area (Å²) in [6.07, 6.45) is 6.53. The predicted octanol–water partition coefficient (Wildman–Crippen LogP) is 0.284. The van der Waals surface area contributed by atoms with E-state index < -0.39 is 15.2 Å². The molecule has 0 radical (unpaired) electrons. The van der Waals surface area contributed by atoms with Crippen molar-refractivity contribution in [3.05, 3.63) is 49.1 Å². The molecule has 130 valence electrons. The molecule has 2 rings (SSSR count). The number of hydrogen-bond donors (Lipinski definition) is 4. The molecule has 0 spiro atoms. The average Bonchev–Trinajstić information content (AvgIpc) is 2.50. The summed E-state index contributed by atoms with van der Waals surface area (Å²) in [5.74, 6) is 0. The van der Waals surface area contributed by atoms with Crippen molar-refractivity contribution in [3.63, 3.8) is 0 Å². The molecule has 2 aromatic heterocycles. The van der Waals surface area contributed by atoms with Crippen LogP contribution in [-0.4, -0.2) is 31.9 Å². The van der Waals surface area contributed by atoms with Gasteiger partial charge in [-0.1, -0.05) is 0 Å². The van der Waals surface area contributed by atoms with Gasteiger partial charge >= 0.3 is 15.2 Å². The van der Waals surface area contributed by atoms with Gasteiger partial charge in [0.15, 0.2) is 37.9 Å². The maximum atomic E-state index is 11.0. The van der Waals surface area contributed by atoms with Crippen molar-refractivity contribution in [1.82, 2.24) is 0 Å². The van der Waals surface area contributed by atoms with Gasteiger partial charge in [-0.3, -0.25) is 9.13 Å². The molecule has 0 saturated heterocycles. The fourth-order valence-electron chi connectivity index (χ4n) is 2.16. The molecule has 0 bridgehead atoms. The smallest absolute Gasteiger partial charge is 0.324 e. The summed E-state index contributed by atoms with van der Waals surface area (Å²) in [6, 6.07) is 7.28. The van der Waals surface area contributed by atoms with Gasteiger partial charge in [0.2, 0.25) is 0 Å². The fourth-order valence-corrected chi connectivity index (χ4v) is 3.14. The lowest BCUT2D eigenvalue weighted by Gasteiger charge is -2.04. The minimum atomic E-state index is -4.05. The minimum Gasteiger partial charge on any atom is -0.324 e. The molecule has 0 saturated carbocycles. The molecule has 0 fully saturated rings. The molecule has 0 aromatic carbocycles. The zero-order valence-electron chi connectivity index (χ0n) is 12.8. The second kappa shape index (κ2) is 7.66. The Morgan fingerprint density at radius 1 is 0.750 bits per heavy atom. The summed E-state index contributed by atoms with van der Waals surface area (Å²) >= 11 is 0. The maximum absolute atomic E-state index is 11.0. The lowest BCUT2D eigenvalue weighted by Crippen LogP contribution is -2.36. The quantitative estimate of drug-likeness (QED) is 0.408. The number of aryl methyl sites for hydroxylation is 2. The largest absolute Gasteiger partial charge is 0.331 e. The van der Waals surface area contributed by atoms with Crippen LogP contribution in [0.25, 0.3) is 11.1 Å². The normalized spacial score (nSPS) is 12.3. The second-order valence-electron chi connectivity index (χ2n) is 5.44. The lowest BCUT2D eigenvalue weighted by atomic mass is 10.1. The van der Waals surface area contributed by atoms with Gasteiger partial charge in [0, 0.05) is 12.1 Å². The molecular formula is C14H20N2O6P2+2. The van der Waals surface area contributed by atoms with Gasteiger partial charge in [0.1, 0.15) is 12.3 Å². The monoisotopic (exact) mass is 374 g/mol. The molecule has 8 nitrogen and oxygen atoms in total. The van der Waals surface area contributed by atoms with Crippen LogP contribution < -0.4 is 9.13 Å². The molecule has 2 aromatic rings. The highest BCUT2D eigenvalue weighted by atomic mass is 31.2. The van der Waals surface area contributed by atoms with Crippen LogP contribution in [0, 0.1) is 0 Å².